The van der Waals surface area contributed by atoms with Crippen LogP contribution in [0.25, 0.3) is 0 Å². The fourth-order valence-electron chi connectivity index (χ4n) is 3.57. The number of alkyl halides is 3. The van der Waals surface area contributed by atoms with E-state index in [-0.39, 0.29) is 17.6 Å². The number of carboxylic acid groups (broad SMARTS) is 1. The summed E-state index contributed by atoms with van der Waals surface area (Å²) in [5.41, 5.74) is 2.20. The zero-order chi connectivity index (χ0) is 23.4. The number of amides is 1. The summed E-state index contributed by atoms with van der Waals surface area (Å²) in [6, 6.07) is 7.65. The zero-order valence-corrected chi connectivity index (χ0v) is 17.3. The maximum absolute atomic E-state index is 12.3. The molecule has 32 heavy (non-hydrogen) atoms. The molecular formula is C20H23F3N4O5. The average molecular weight is 456 g/mol. The molecular weight excluding hydrogens is 433 g/mol. The van der Waals surface area contributed by atoms with Crippen LogP contribution >= 0.6 is 0 Å². The molecule has 0 saturated carbocycles. The highest BCUT2D eigenvalue weighted by atomic mass is 19.4. The number of aryl methyl sites for hydroxylation is 1. The van der Waals surface area contributed by atoms with Crippen molar-refractivity contribution in [1.82, 2.24) is 20.1 Å². The van der Waals surface area contributed by atoms with Crippen LogP contribution in [0.15, 0.2) is 30.5 Å². The average Bonchev–Trinajstić information content (AvgIpc) is 3.25. The first-order valence-corrected chi connectivity index (χ1v) is 9.85. The lowest BCUT2D eigenvalue weighted by Gasteiger charge is -2.52. The topological polar surface area (TPSA) is 118 Å². The van der Waals surface area contributed by atoms with Crippen molar-refractivity contribution in [2.75, 3.05) is 19.7 Å². The summed E-state index contributed by atoms with van der Waals surface area (Å²) in [5, 5.41) is 13.7. The summed E-state index contributed by atoms with van der Waals surface area (Å²) < 4.78 is 43.8. The Kier molecular flexibility index (Phi) is 7.14. The van der Waals surface area contributed by atoms with Crippen LogP contribution in [0.1, 0.15) is 34.7 Å². The Morgan fingerprint density at radius 1 is 1.34 bits per heavy atom. The number of likely N-dealkylation sites (tertiary alicyclic amines) is 1. The zero-order valence-electron chi connectivity index (χ0n) is 17.3. The highest BCUT2D eigenvalue weighted by molar-refractivity contribution is 5.92. The molecule has 0 bridgehead atoms. The lowest BCUT2D eigenvalue weighted by atomic mass is 9.84. The number of nitrogens with one attached hydrogen (secondary N) is 1. The number of carboxylic acids is 1. The van der Waals surface area contributed by atoms with E-state index in [0.717, 1.165) is 24.2 Å². The van der Waals surface area contributed by atoms with Crippen molar-refractivity contribution in [3.63, 3.8) is 0 Å². The van der Waals surface area contributed by atoms with E-state index >= 15 is 0 Å². The van der Waals surface area contributed by atoms with Crippen LogP contribution in [0.2, 0.25) is 0 Å². The maximum Gasteiger partial charge on any atom is 0.490 e. The molecule has 2 aliphatic heterocycles. The fraction of sp³-hybridized carbons (Fsp3) is 0.500. The Morgan fingerprint density at radius 2 is 2.06 bits per heavy atom. The lowest BCUT2D eigenvalue weighted by Crippen LogP contribution is -2.67. The summed E-state index contributed by atoms with van der Waals surface area (Å²) >= 11 is 0. The van der Waals surface area contributed by atoms with Gasteiger partial charge in [-0.1, -0.05) is 6.07 Å². The van der Waals surface area contributed by atoms with Crippen LogP contribution < -0.4 is 0 Å². The number of rotatable bonds is 4. The van der Waals surface area contributed by atoms with Gasteiger partial charge in [0.2, 0.25) is 0 Å². The van der Waals surface area contributed by atoms with Gasteiger partial charge < -0.3 is 19.5 Å². The molecule has 0 aliphatic carbocycles. The molecule has 0 aromatic carbocycles. The quantitative estimate of drug-likeness (QED) is 0.725. The van der Waals surface area contributed by atoms with E-state index in [9.17, 15) is 18.0 Å². The molecule has 1 atom stereocenters. The van der Waals surface area contributed by atoms with Gasteiger partial charge in [0.05, 0.1) is 31.5 Å². The highest BCUT2D eigenvalue weighted by Crippen LogP contribution is 2.36. The smallest absolute Gasteiger partial charge is 0.475 e. The van der Waals surface area contributed by atoms with Crippen LogP contribution in [0.4, 0.5) is 13.2 Å². The third kappa shape index (κ3) is 6.04. The van der Waals surface area contributed by atoms with Crippen molar-refractivity contribution in [2.24, 2.45) is 0 Å². The molecule has 2 N–H and O–H groups in total. The van der Waals surface area contributed by atoms with Crippen molar-refractivity contribution in [1.29, 1.82) is 0 Å². The number of carbonyl (C=O) groups excluding carboxylic acids is 1. The van der Waals surface area contributed by atoms with Crippen molar-refractivity contribution < 1.29 is 37.3 Å². The molecule has 2 aliphatic rings. The van der Waals surface area contributed by atoms with E-state index < -0.39 is 12.1 Å². The van der Waals surface area contributed by atoms with Crippen LogP contribution in [-0.2, 0) is 20.9 Å². The van der Waals surface area contributed by atoms with Gasteiger partial charge in [0, 0.05) is 24.9 Å². The molecule has 2 saturated heterocycles. The molecule has 2 aromatic heterocycles. The number of aromatic nitrogens is 3. The van der Waals surface area contributed by atoms with Crippen LogP contribution in [0.3, 0.4) is 0 Å². The standard InChI is InChI=1S/C18H22N4O3.C2HF3O2/c1-13-3-2-4-14(20-13)10-24-15-6-8-25-18(9-15)11-22(12-18)17(23)16-5-7-19-21-16;3-2(4,5)1(6)7/h2-5,7,15H,6,8-12H2,1H3,(H,19,21);(H,6,7). The lowest BCUT2D eigenvalue weighted by molar-refractivity contribution is -0.192. The third-order valence-electron chi connectivity index (χ3n) is 5.08. The van der Waals surface area contributed by atoms with Crippen LogP contribution in [-0.4, -0.2) is 74.6 Å². The van der Waals surface area contributed by atoms with Gasteiger partial charge in [0.25, 0.3) is 5.91 Å². The molecule has 1 spiro atoms. The summed E-state index contributed by atoms with van der Waals surface area (Å²) in [5.74, 6) is -2.79. The summed E-state index contributed by atoms with van der Waals surface area (Å²) in [4.78, 5) is 27.5. The first kappa shape index (κ1) is 23.7. The first-order valence-electron chi connectivity index (χ1n) is 9.85. The summed E-state index contributed by atoms with van der Waals surface area (Å²) in [6.07, 6.45) is -1.67. The molecule has 1 amide bonds. The number of H-pyrrole nitrogens is 1. The van der Waals surface area contributed by atoms with Gasteiger partial charge in [0.15, 0.2) is 0 Å². The molecule has 1 unspecified atom stereocenters. The van der Waals surface area contributed by atoms with Crippen molar-refractivity contribution in [2.45, 2.75) is 44.3 Å². The first-order chi connectivity index (χ1) is 15.1. The SMILES string of the molecule is Cc1cccc(COC2CCOC3(C2)CN(C(=O)c2ccn[nH]2)C3)n1.O=C(O)C(F)(F)F. The minimum atomic E-state index is -5.08. The highest BCUT2D eigenvalue weighted by Gasteiger charge is 2.49. The monoisotopic (exact) mass is 456 g/mol. The Balaban J connectivity index is 0.000000360. The predicted molar refractivity (Wildman–Crippen MR) is 104 cm³/mol. The van der Waals surface area contributed by atoms with Crippen LogP contribution in [0.5, 0.6) is 0 Å². The van der Waals surface area contributed by atoms with Crippen molar-refractivity contribution in [3.05, 3.63) is 47.5 Å². The molecule has 2 aromatic rings. The number of hydrogen-bond acceptors (Lipinski definition) is 6. The molecule has 9 nitrogen and oxygen atoms in total. The maximum atomic E-state index is 12.3. The van der Waals surface area contributed by atoms with Gasteiger partial charge in [-0.25, -0.2) is 4.79 Å². The largest absolute Gasteiger partial charge is 0.490 e. The Labute approximate surface area is 181 Å². The van der Waals surface area contributed by atoms with Gasteiger partial charge in [-0.3, -0.25) is 14.9 Å². The Hall–Kier alpha value is -2.99. The van der Waals surface area contributed by atoms with Gasteiger partial charge >= 0.3 is 12.1 Å². The number of carbonyl (C=O) groups is 2. The summed E-state index contributed by atoms with van der Waals surface area (Å²) in [7, 11) is 0. The second kappa shape index (κ2) is 9.65. The minimum Gasteiger partial charge on any atom is -0.475 e. The predicted octanol–water partition coefficient (Wildman–Crippen LogP) is 2.34. The van der Waals surface area contributed by atoms with E-state index in [1.807, 2.05) is 25.1 Å². The number of pyridine rings is 1. The number of aromatic amines is 1. The molecule has 174 valence electrons. The van der Waals surface area contributed by atoms with Crippen molar-refractivity contribution in [3.8, 4) is 0 Å². The number of halogens is 3. The van der Waals surface area contributed by atoms with Crippen LogP contribution in [0, 0.1) is 6.92 Å². The van der Waals surface area contributed by atoms with E-state index in [1.165, 1.54) is 0 Å². The van der Waals surface area contributed by atoms with Gasteiger partial charge in [-0.05, 0) is 31.5 Å². The van der Waals surface area contributed by atoms with E-state index in [0.29, 0.717) is 32.0 Å². The van der Waals surface area contributed by atoms with Gasteiger partial charge in [-0.2, -0.15) is 18.3 Å². The van der Waals surface area contributed by atoms with Crippen molar-refractivity contribution >= 4 is 11.9 Å². The molecule has 2 fully saturated rings. The second-order valence-corrected chi connectivity index (χ2v) is 7.66. The van der Waals surface area contributed by atoms with E-state index in [1.54, 1.807) is 17.2 Å². The Morgan fingerprint density at radius 3 is 2.66 bits per heavy atom. The molecule has 4 rings (SSSR count). The normalized spacial score (nSPS) is 19.6. The molecule has 12 heteroatoms. The van der Waals surface area contributed by atoms with Gasteiger partial charge in [-0.15, -0.1) is 0 Å². The number of hydrogen-bond donors (Lipinski definition) is 2. The van der Waals surface area contributed by atoms with E-state index in [2.05, 4.69) is 15.2 Å². The number of nitrogens with zero attached hydrogens (tertiary/aromatic N) is 3. The van der Waals surface area contributed by atoms with Gasteiger partial charge in [0.1, 0.15) is 11.3 Å². The molecule has 0 radical (unpaired) electrons. The fourth-order valence-corrected chi connectivity index (χ4v) is 3.57. The second-order valence-electron chi connectivity index (χ2n) is 7.66. The Bertz CT molecular complexity index is 930. The summed E-state index contributed by atoms with van der Waals surface area (Å²) in [6.45, 7) is 4.37. The number of ether oxygens (including phenoxy) is 2. The number of aliphatic carboxylic acids is 1. The molecule has 4 heterocycles. The minimum absolute atomic E-state index is 0.0290. The van der Waals surface area contributed by atoms with E-state index in [4.69, 9.17) is 19.4 Å². The third-order valence-corrected chi connectivity index (χ3v) is 5.08.